The lowest BCUT2D eigenvalue weighted by Gasteiger charge is -2.13. The van der Waals surface area contributed by atoms with Gasteiger partial charge in [-0.15, -0.1) is 0 Å². The topological polar surface area (TPSA) is 83.6 Å². The van der Waals surface area contributed by atoms with Crippen molar-refractivity contribution in [2.45, 2.75) is 19.0 Å². The molecule has 0 saturated carbocycles. The van der Waals surface area contributed by atoms with Gasteiger partial charge < -0.3 is 5.32 Å². The van der Waals surface area contributed by atoms with E-state index in [-0.39, 0.29) is 24.3 Å². The molecule has 1 saturated heterocycles. The second-order valence-electron chi connectivity index (χ2n) is 4.94. The Morgan fingerprint density at radius 2 is 1.95 bits per heavy atom. The summed E-state index contributed by atoms with van der Waals surface area (Å²) in [6.07, 6.45) is 1.07. The van der Waals surface area contributed by atoms with Gasteiger partial charge in [0.15, 0.2) is 0 Å². The molecule has 1 unspecified atom stereocenters. The summed E-state index contributed by atoms with van der Waals surface area (Å²) in [7, 11) is -3.22. The quantitative estimate of drug-likeness (QED) is 0.810. The van der Waals surface area contributed by atoms with Crippen LogP contribution in [0.25, 0.3) is 0 Å². The minimum atomic E-state index is -3.22. The van der Waals surface area contributed by atoms with Crippen LogP contribution in [0.2, 0.25) is 0 Å². The fraction of sp³-hybridized carbons (Fsp3) is 0.385. The van der Waals surface area contributed by atoms with E-state index in [1.165, 1.54) is 18.2 Å². The predicted molar refractivity (Wildman–Crippen MR) is 73.6 cm³/mol. The molecule has 1 heterocycles. The number of nitrogens with one attached hydrogen (secondary N) is 1. The van der Waals surface area contributed by atoms with Crippen LogP contribution in [-0.2, 0) is 21.2 Å². The first kappa shape index (κ1) is 15.4. The zero-order chi connectivity index (χ0) is 15.6. The van der Waals surface area contributed by atoms with Crippen LogP contribution in [0.15, 0.2) is 24.3 Å². The van der Waals surface area contributed by atoms with E-state index in [9.17, 15) is 22.4 Å². The number of rotatable bonds is 5. The van der Waals surface area contributed by atoms with Gasteiger partial charge in [-0.1, -0.05) is 18.2 Å². The van der Waals surface area contributed by atoms with Crippen molar-refractivity contribution >= 4 is 21.8 Å². The van der Waals surface area contributed by atoms with E-state index >= 15 is 0 Å². The van der Waals surface area contributed by atoms with Gasteiger partial charge in [-0.2, -0.15) is 0 Å². The summed E-state index contributed by atoms with van der Waals surface area (Å²) in [6.45, 7) is -0.174. The number of imide groups is 1. The Balaban J connectivity index is 2.07. The molecule has 0 aliphatic carbocycles. The summed E-state index contributed by atoms with van der Waals surface area (Å²) in [5, 5.41) is 2.42. The standard InChI is InChI=1S/C13H15FN2O4S/c1-21(19,20)7-6-11-12(17)16(13(18)15-11)8-9-4-2-3-5-10(9)14/h2-5,11H,6-8H2,1H3,(H,15,18). The molecule has 1 fully saturated rings. The highest BCUT2D eigenvalue weighted by Gasteiger charge is 2.38. The van der Waals surface area contributed by atoms with Crippen LogP contribution in [0.3, 0.4) is 0 Å². The summed E-state index contributed by atoms with van der Waals surface area (Å²) in [4.78, 5) is 24.7. The van der Waals surface area contributed by atoms with Crippen molar-refractivity contribution in [3.63, 3.8) is 0 Å². The number of halogens is 1. The van der Waals surface area contributed by atoms with E-state index in [4.69, 9.17) is 0 Å². The van der Waals surface area contributed by atoms with E-state index in [2.05, 4.69) is 5.32 Å². The minimum Gasteiger partial charge on any atom is -0.326 e. The molecule has 1 aromatic carbocycles. The van der Waals surface area contributed by atoms with Gasteiger partial charge in [0.25, 0.3) is 5.91 Å². The molecule has 6 nitrogen and oxygen atoms in total. The van der Waals surface area contributed by atoms with E-state index in [0.29, 0.717) is 0 Å². The molecular formula is C13H15FN2O4S. The van der Waals surface area contributed by atoms with Crippen LogP contribution in [0.4, 0.5) is 9.18 Å². The van der Waals surface area contributed by atoms with Crippen LogP contribution >= 0.6 is 0 Å². The Morgan fingerprint density at radius 1 is 1.29 bits per heavy atom. The number of carbonyl (C=O) groups is 2. The summed E-state index contributed by atoms with van der Waals surface area (Å²) < 4.78 is 35.8. The molecule has 1 N–H and O–H groups in total. The molecule has 114 valence electrons. The average molecular weight is 314 g/mol. The average Bonchev–Trinajstić information content (AvgIpc) is 2.65. The van der Waals surface area contributed by atoms with Crippen molar-refractivity contribution in [2.24, 2.45) is 0 Å². The van der Waals surface area contributed by atoms with Gasteiger partial charge in [-0.25, -0.2) is 17.6 Å². The Labute approximate surface area is 121 Å². The Morgan fingerprint density at radius 3 is 2.57 bits per heavy atom. The van der Waals surface area contributed by atoms with E-state index in [0.717, 1.165) is 11.2 Å². The zero-order valence-electron chi connectivity index (χ0n) is 11.4. The lowest BCUT2D eigenvalue weighted by atomic mass is 10.2. The summed E-state index contributed by atoms with van der Waals surface area (Å²) in [5.41, 5.74) is 0.227. The van der Waals surface area contributed by atoms with Gasteiger partial charge in [-0.05, 0) is 12.5 Å². The third kappa shape index (κ3) is 3.78. The van der Waals surface area contributed by atoms with E-state index < -0.39 is 33.6 Å². The Kier molecular flexibility index (Phi) is 4.26. The van der Waals surface area contributed by atoms with Crippen LogP contribution in [-0.4, -0.2) is 43.3 Å². The molecular weight excluding hydrogens is 299 g/mol. The number of sulfone groups is 1. The summed E-state index contributed by atoms with van der Waals surface area (Å²) in [6, 6.07) is 4.34. The maximum Gasteiger partial charge on any atom is 0.325 e. The van der Waals surface area contributed by atoms with Crippen molar-refractivity contribution in [1.29, 1.82) is 0 Å². The number of amides is 3. The monoisotopic (exact) mass is 314 g/mol. The number of urea groups is 1. The highest BCUT2D eigenvalue weighted by atomic mass is 32.2. The molecule has 0 bridgehead atoms. The van der Waals surface area contributed by atoms with Crippen LogP contribution in [0.5, 0.6) is 0 Å². The molecule has 0 radical (unpaired) electrons. The van der Waals surface area contributed by atoms with Gasteiger partial charge in [-0.3, -0.25) is 9.69 Å². The molecule has 1 atom stereocenters. The summed E-state index contributed by atoms with van der Waals surface area (Å²) >= 11 is 0. The zero-order valence-corrected chi connectivity index (χ0v) is 12.2. The second-order valence-corrected chi connectivity index (χ2v) is 7.20. The largest absolute Gasteiger partial charge is 0.326 e. The molecule has 0 aromatic heterocycles. The number of hydrogen-bond acceptors (Lipinski definition) is 4. The van der Waals surface area contributed by atoms with E-state index in [1.807, 2.05) is 0 Å². The van der Waals surface area contributed by atoms with Crippen molar-refractivity contribution in [1.82, 2.24) is 10.2 Å². The summed E-state index contributed by atoms with van der Waals surface area (Å²) in [5.74, 6) is -1.23. The maximum absolute atomic E-state index is 13.5. The van der Waals surface area contributed by atoms with Crippen LogP contribution in [0, 0.1) is 5.82 Å². The second kappa shape index (κ2) is 5.80. The van der Waals surface area contributed by atoms with Crippen molar-refractivity contribution in [3.8, 4) is 0 Å². The molecule has 21 heavy (non-hydrogen) atoms. The fourth-order valence-corrected chi connectivity index (χ4v) is 2.72. The highest BCUT2D eigenvalue weighted by Crippen LogP contribution is 2.16. The third-order valence-corrected chi connectivity index (χ3v) is 4.15. The fourth-order valence-electron chi connectivity index (χ4n) is 2.05. The van der Waals surface area contributed by atoms with Gasteiger partial charge in [0.05, 0.1) is 12.3 Å². The van der Waals surface area contributed by atoms with Crippen molar-refractivity contribution < 1.29 is 22.4 Å². The SMILES string of the molecule is CS(=O)(=O)CCC1NC(=O)N(Cc2ccccc2F)C1=O. The van der Waals surface area contributed by atoms with Gasteiger partial charge in [0, 0.05) is 11.8 Å². The van der Waals surface area contributed by atoms with Crippen LogP contribution in [0.1, 0.15) is 12.0 Å². The van der Waals surface area contributed by atoms with E-state index in [1.54, 1.807) is 6.07 Å². The molecule has 1 aliphatic rings. The molecule has 1 aliphatic heterocycles. The lowest BCUT2D eigenvalue weighted by molar-refractivity contribution is -0.127. The minimum absolute atomic E-state index is 0.0111. The van der Waals surface area contributed by atoms with Gasteiger partial charge >= 0.3 is 6.03 Å². The molecule has 8 heteroatoms. The first-order valence-electron chi connectivity index (χ1n) is 6.31. The lowest BCUT2D eigenvalue weighted by Crippen LogP contribution is -2.32. The highest BCUT2D eigenvalue weighted by molar-refractivity contribution is 7.90. The number of carbonyl (C=O) groups excluding carboxylic acids is 2. The number of nitrogens with zero attached hydrogens (tertiary/aromatic N) is 1. The Bertz CT molecular complexity index is 675. The first-order valence-corrected chi connectivity index (χ1v) is 8.37. The molecule has 3 amide bonds. The van der Waals surface area contributed by atoms with Crippen molar-refractivity contribution in [3.05, 3.63) is 35.6 Å². The maximum atomic E-state index is 13.5. The third-order valence-electron chi connectivity index (χ3n) is 3.17. The Hall–Kier alpha value is -1.96. The molecule has 2 rings (SSSR count). The smallest absolute Gasteiger partial charge is 0.325 e. The first-order chi connectivity index (χ1) is 9.78. The van der Waals surface area contributed by atoms with Crippen molar-refractivity contribution in [2.75, 3.05) is 12.0 Å². The molecule has 0 spiro atoms. The molecule has 1 aromatic rings. The van der Waals surface area contributed by atoms with Gasteiger partial charge in [0.1, 0.15) is 21.7 Å². The number of hydrogen-bond donors (Lipinski definition) is 1. The normalized spacial score (nSPS) is 19.0. The van der Waals surface area contributed by atoms with Crippen LogP contribution < -0.4 is 5.32 Å². The van der Waals surface area contributed by atoms with Gasteiger partial charge in [0.2, 0.25) is 0 Å². The predicted octanol–water partition coefficient (Wildman–Crippen LogP) is 0.681. The number of benzene rings is 1.